The lowest BCUT2D eigenvalue weighted by molar-refractivity contribution is 0.0487. The smallest absolute Gasteiger partial charge is 0.191 e. The van der Waals surface area contributed by atoms with E-state index in [4.69, 9.17) is 9.47 Å². The van der Waals surface area contributed by atoms with Crippen molar-refractivity contribution >= 4 is 29.9 Å². The summed E-state index contributed by atoms with van der Waals surface area (Å²) in [5, 5.41) is 6.73. The Morgan fingerprint density at radius 2 is 2.04 bits per heavy atom. The van der Waals surface area contributed by atoms with Crippen LogP contribution in [0.4, 0.5) is 0 Å². The number of nitrogens with zero attached hydrogens (tertiary/aromatic N) is 1. The first-order valence-corrected chi connectivity index (χ1v) is 9.78. The zero-order valence-corrected chi connectivity index (χ0v) is 18.1. The number of ether oxygens (including phenoxy) is 2. The summed E-state index contributed by atoms with van der Waals surface area (Å²) in [4.78, 5) is 4.63. The highest BCUT2D eigenvalue weighted by Gasteiger charge is 2.12. The van der Waals surface area contributed by atoms with Crippen LogP contribution in [0.3, 0.4) is 0 Å². The van der Waals surface area contributed by atoms with Crippen molar-refractivity contribution in [3.63, 3.8) is 0 Å². The summed E-state index contributed by atoms with van der Waals surface area (Å²) in [6.45, 7) is 6.97. The van der Waals surface area contributed by atoms with Crippen molar-refractivity contribution in [3.8, 4) is 0 Å². The molecule has 0 aromatic carbocycles. The molecule has 25 heavy (non-hydrogen) atoms. The normalized spacial score (nSPS) is 19.6. The molecule has 1 fully saturated rings. The number of rotatable bonds is 8. The minimum Gasteiger partial charge on any atom is -0.377 e. The Kier molecular flexibility index (Phi) is 13.4. The van der Waals surface area contributed by atoms with Gasteiger partial charge in [-0.2, -0.15) is 0 Å². The Labute approximate surface area is 170 Å². The van der Waals surface area contributed by atoms with E-state index in [1.165, 1.54) is 44.1 Å². The van der Waals surface area contributed by atoms with Gasteiger partial charge in [-0.25, -0.2) is 0 Å². The zero-order valence-electron chi connectivity index (χ0n) is 15.7. The number of hydrogen-bond acceptors (Lipinski definition) is 3. The number of hydrogen-bond donors (Lipinski definition) is 2. The summed E-state index contributed by atoms with van der Waals surface area (Å²) in [5.41, 5.74) is 1.49. The van der Waals surface area contributed by atoms with Gasteiger partial charge in [-0.3, -0.25) is 4.99 Å². The van der Waals surface area contributed by atoms with Crippen LogP contribution in [0.25, 0.3) is 0 Å². The van der Waals surface area contributed by atoms with E-state index in [0.717, 1.165) is 58.3 Å². The van der Waals surface area contributed by atoms with E-state index in [-0.39, 0.29) is 24.0 Å². The second kappa shape index (κ2) is 14.8. The Hall–Kier alpha value is -0.340. The van der Waals surface area contributed by atoms with Crippen LogP contribution in [0.15, 0.2) is 16.6 Å². The van der Waals surface area contributed by atoms with Crippen molar-refractivity contribution in [2.75, 3.05) is 39.5 Å². The standard InChI is InChI=1S/C19H35N3O2.HI/c1-2-20-19(21-12-9-17-10-14-23-15-11-17)22-13-16-24-18-7-5-3-4-6-8-18;/h10,18H,2-9,11-16H2,1H3,(H2,20,21,22);1H. The first-order valence-electron chi connectivity index (χ1n) is 9.78. The van der Waals surface area contributed by atoms with Gasteiger partial charge in [0, 0.05) is 13.1 Å². The molecule has 0 spiro atoms. The predicted molar refractivity (Wildman–Crippen MR) is 115 cm³/mol. The van der Waals surface area contributed by atoms with E-state index in [2.05, 4.69) is 28.6 Å². The maximum atomic E-state index is 6.01. The first-order chi connectivity index (χ1) is 11.9. The Morgan fingerprint density at radius 1 is 1.24 bits per heavy atom. The van der Waals surface area contributed by atoms with Gasteiger partial charge in [-0.05, 0) is 32.6 Å². The number of halogens is 1. The van der Waals surface area contributed by atoms with Gasteiger partial charge in [0.05, 0.1) is 32.5 Å². The molecule has 2 rings (SSSR count). The molecule has 0 unspecified atom stereocenters. The monoisotopic (exact) mass is 465 g/mol. The summed E-state index contributed by atoms with van der Waals surface area (Å²) in [6.07, 6.45) is 12.6. The fourth-order valence-corrected chi connectivity index (χ4v) is 3.26. The van der Waals surface area contributed by atoms with Crippen LogP contribution in [0.5, 0.6) is 0 Å². The lowest BCUT2D eigenvalue weighted by Crippen LogP contribution is -2.38. The van der Waals surface area contributed by atoms with Crippen LogP contribution in [0.1, 0.15) is 58.3 Å². The predicted octanol–water partition coefficient (Wildman–Crippen LogP) is 3.64. The van der Waals surface area contributed by atoms with E-state index in [1.807, 2.05) is 0 Å². The molecule has 146 valence electrons. The van der Waals surface area contributed by atoms with Crippen molar-refractivity contribution in [2.45, 2.75) is 64.4 Å². The van der Waals surface area contributed by atoms with E-state index >= 15 is 0 Å². The molecule has 1 aliphatic heterocycles. The fourth-order valence-electron chi connectivity index (χ4n) is 3.26. The molecule has 1 heterocycles. The SMILES string of the molecule is CCNC(=NCCOC1CCCCCC1)NCCC1=CCOCC1.I. The van der Waals surface area contributed by atoms with Gasteiger partial charge < -0.3 is 20.1 Å². The third-order valence-corrected chi connectivity index (χ3v) is 4.66. The van der Waals surface area contributed by atoms with E-state index in [0.29, 0.717) is 6.10 Å². The largest absolute Gasteiger partial charge is 0.377 e. The average molecular weight is 465 g/mol. The van der Waals surface area contributed by atoms with Crippen molar-refractivity contribution in [1.82, 2.24) is 10.6 Å². The second-order valence-electron chi connectivity index (χ2n) is 6.61. The molecule has 2 N–H and O–H groups in total. The van der Waals surface area contributed by atoms with Gasteiger partial charge in [0.1, 0.15) is 0 Å². The number of aliphatic imine (C=N–C) groups is 1. The molecule has 0 atom stereocenters. The number of nitrogens with one attached hydrogen (secondary N) is 2. The maximum absolute atomic E-state index is 6.01. The minimum absolute atomic E-state index is 0. The van der Waals surface area contributed by atoms with Gasteiger partial charge in [0.2, 0.25) is 0 Å². The number of guanidine groups is 1. The second-order valence-corrected chi connectivity index (χ2v) is 6.61. The molecule has 0 amide bonds. The molecule has 0 bridgehead atoms. The van der Waals surface area contributed by atoms with Gasteiger partial charge in [0.25, 0.3) is 0 Å². The minimum atomic E-state index is 0. The molecular formula is C19H36IN3O2. The topological polar surface area (TPSA) is 54.9 Å². The third kappa shape index (κ3) is 10.4. The van der Waals surface area contributed by atoms with Crippen LogP contribution < -0.4 is 10.6 Å². The van der Waals surface area contributed by atoms with Crippen LogP contribution in [0.2, 0.25) is 0 Å². The highest BCUT2D eigenvalue weighted by molar-refractivity contribution is 14.0. The van der Waals surface area contributed by atoms with Crippen LogP contribution in [0, 0.1) is 0 Å². The molecule has 0 aromatic rings. The molecule has 0 aromatic heterocycles. The summed E-state index contributed by atoms with van der Waals surface area (Å²) in [6, 6.07) is 0. The lowest BCUT2D eigenvalue weighted by Gasteiger charge is -2.16. The Bertz CT molecular complexity index is 394. The van der Waals surface area contributed by atoms with Gasteiger partial charge >= 0.3 is 0 Å². The van der Waals surface area contributed by atoms with E-state index in [9.17, 15) is 0 Å². The van der Waals surface area contributed by atoms with Crippen molar-refractivity contribution in [2.24, 2.45) is 4.99 Å². The summed E-state index contributed by atoms with van der Waals surface area (Å²) in [7, 11) is 0. The molecule has 0 saturated heterocycles. The molecule has 2 aliphatic rings. The molecule has 1 aliphatic carbocycles. The molecule has 5 nitrogen and oxygen atoms in total. The summed E-state index contributed by atoms with van der Waals surface area (Å²) >= 11 is 0. The van der Waals surface area contributed by atoms with Gasteiger partial charge in [0.15, 0.2) is 5.96 Å². The highest BCUT2D eigenvalue weighted by Crippen LogP contribution is 2.19. The maximum Gasteiger partial charge on any atom is 0.191 e. The van der Waals surface area contributed by atoms with Crippen LogP contribution in [-0.2, 0) is 9.47 Å². The van der Waals surface area contributed by atoms with Gasteiger partial charge in [-0.1, -0.05) is 37.3 Å². The summed E-state index contributed by atoms with van der Waals surface area (Å²) in [5.74, 6) is 0.898. The summed E-state index contributed by atoms with van der Waals surface area (Å²) < 4.78 is 11.3. The first kappa shape index (κ1) is 22.7. The zero-order chi connectivity index (χ0) is 16.9. The van der Waals surface area contributed by atoms with Crippen molar-refractivity contribution in [3.05, 3.63) is 11.6 Å². The lowest BCUT2D eigenvalue weighted by atomic mass is 10.1. The van der Waals surface area contributed by atoms with Crippen molar-refractivity contribution < 1.29 is 9.47 Å². The van der Waals surface area contributed by atoms with Crippen LogP contribution >= 0.6 is 24.0 Å². The quantitative estimate of drug-likeness (QED) is 0.144. The molecule has 6 heteroatoms. The van der Waals surface area contributed by atoms with E-state index in [1.54, 1.807) is 0 Å². The fraction of sp³-hybridized carbons (Fsp3) is 0.842. The third-order valence-electron chi connectivity index (χ3n) is 4.66. The van der Waals surface area contributed by atoms with Crippen LogP contribution in [-0.4, -0.2) is 51.5 Å². The van der Waals surface area contributed by atoms with Gasteiger partial charge in [-0.15, -0.1) is 24.0 Å². The molecule has 1 saturated carbocycles. The van der Waals surface area contributed by atoms with Crippen molar-refractivity contribution in [1.29, 1.82) is 0 Å². The Morgan fingerprint density at radius 3 is 2.72 bits per heavy atom. The average Bonchev–Trinajstić information content (AvgIpc) is 2.88. The molecule has 0 radical (unpaired) electrons. The molecular weight excluding hydrogens is 429 g/mol. The highest BCUT2D eigenvalue weighted by atomic mass is 127. The Balaban J connectivity index is 0.00000312. The van der Waals surface area contributed by atoms with E-state index < -0.39 is 0 Å².